The maximum atomic E-state index is 7.44. The van der Waals surface area contributed by atoms with Crippen molar-refractivity contribution < 1.29 is 4.74 Å². The van der Waals surface area contributed by atoms with Gasteiger partial charge in [-0.3, -0.25) is 0 Å². The molecule has 2 nitrogen and oxygen atoms in total. The van der Waals surface area contributed by atoms with E-state index in [-0.39, 0.29) is 0 Å². The monoisotopic (exact) mass is 133 g/mol. The van der Waals surface area contributed by atoms with Crippen LogP contribution >= 0.6 is 0 Å². The Morgan fingerprint density at radius 2 is 2.40 bits per heavy atom. The molecule has 0 saturated carbocycles. The third-order valence-electron chi connectivity index (χ3n) is 1.59. The van der Waals surface area contributed by atoms with E-state index in [2.05, 4.69) is 0 Å². The standard InChI is InChI=1S/C8H7NO/c9-7-2-1-3-8-6(7)4-5-10-8/h1-4,9H,5H2. The molecule has 10 heavy (non-hydrogen) atoms. The van der Waals surface area contributed by atoms with Gasteiger partial charge in [0.1, 0.15) is 12.4 Å². The van der Waals surface area contributed by atoms with Crippen molar-refractivity contribution in [1.29, 1.82) is 5.41 Å². The van der Waals surface area contributed by atoms with Crippen molar-refractivity contribution in [2.24, 2.45) is 0 Å². The first-order chi connectivity index (χ1) is 4.88. The van der Waals surface area contributed by atoms with Crippen molar-refractivity contribution in [3.05, 3.63) is 35.6 Å². The Balaban J connectivity index is 2.48. The summed E-state index contributed by atoms with van der Waals surface area (Å²) in [5, 5.41) is 7.44. The highest BCUT2D eigenvalue weighted by Crippen LogP contribution is 2.22. The zero-order chi connectivity index (χ0) is 6.97. The SMILES string of the molecule is N=C1C=CC=C2OCC=C12. The van der Waals surface area contributed by atoms with E-state index >= 15 is 0 Å². The van der Waals surface area contributed by atoms with E-state index in [4.69, 9.17) is 10.1 Å². The third-order valence-corrected chi connectivity index (χ3v) is 1.59. The first-order valence-electron chi connectivity index (χ1n) is 3.18. The Bertz CT molecular complexity index is 271. The predicted octanol–water partition coefficient (Wildman–Crippen LogP) is 1.42. The molecule has 1 aliphatic heterocycles. The van der Waals surface area contributed by atoms with Crippen LogP contribution in [0.2, 0.25) is 0 Å². The molecule has 0 atom stereocenters. The lowest BCUT2D eigenvalue weighted by molar-refractivity contribution is 0.277. The summed E-state index contributed by atoms with van der Waals surface area (Å²) in [5.74, 6) is 0.840. The van der Waals surface area contributed by atoms with Gasteiger partial charge in [0.05, 0.1) is 5.71 Å². The lowest BCUT2D eigenvalue weighted by Gasteiger charge is -2.05. The molecule has 50 valence electrons. The quantitative estimate of drug-likeness (QED) is 0.532. The third kappa shape index (κ3) is 0.620. The minimum absolute atomic E-state index is 0.551. The number of ether oxygens (including phenoxy) is 1. The van der Waals surface area contributed by atoms with Crippen molar-refractivity contribution in [2.45, 2.75) is 0 Å². The molecular formula is C8H7NO. The fraction of sp³-hybridized carbons (Fsp3) is 0.125. The van der Waals surface area contributed by atoms with E-state index in [1.165, 1.54) is 0 Å². The summed E-state index contributed by atoms with van der Waals surface area (Å²) in [5.41, 5.74) is 1.48. The lowest BCUT2D eigenvalue weighted by atomic mass is 10.1. The second-order valence-corrected chi connectivity index (χ2v) is 2.23. The topological polar surface area (TPSA) is 33.1 Å². The van der Waals surface area contributed by atoms with Crippen molar-refractivity contribution >= 4 is 5.71 Å². The molecule has 1 N–H and O–H groups in total. The van der Waals surface area contributed by atoms with Crippen LogP contribution in [0.15, 0.2) is 35.6 Å². The molecule has 0 aromatic heterocycles. The van der Waals surface area contributed by atoms with Gasteiger partial charge < -0.3 is 10.1 Å². The summed E-state index contributed by atoms with van der Waals surface area (Å²) in [4.78, 5) is 0. The summed E-state index contributed by atoms with van der Waals surface area (Å²) in [6, 6.07) is 0. The Morgan fingerprint density at radius 1 is 1.50 bits per heavy atom. The molecule has 0 radical (unpaired) electrons. The molecule has 2 rings (SSSR count). The molecule has 0 saturated heterocycles. The highest BCUT2D eigenvalue weighted by molar-refractivity contribution is 6.10. The fourth-order valence-electron chi connectivity index (χ4n) is 1.10. The maximum Gasteiger partial charge on any atom is 0.128 e. The molecule has 0 spiro atoms. The molecule has 0 aromatic carbocycles. The minimum atomic E-state index is 0.551. The van der Waals surface area contributed by atoms with Gasteiger partial charge in [-0.15, -0.1) is 0 Å². The van der Waals surface area contributed by atoms with Crippen LogP contribution in [0.1, 0.15) is 0 Å². The van der Waals surface area contributed by atoms with Crippen LogP contribution in [0.3, 0.4) is 0 Å². The van der Waals surface area contributed by atoms with E-state index in [0.29, 0.717) is 12.3 Å². The van der Waals surface area contributed by atoms with E-state index in [1.807, 2.05) is 18.2 Å². The van der Waals surface area contributed by atoms with Gasteiger partial charge in [0.25, 0.3) is 0 Å². The van der Waals surface area contributed by atoms with Crippen LogP contribution in [0, 0.1) is 5.41 Å². The molecule has 0 amide bonds. The van der Waals surface area contributed by atoms with Crippen LogP contribution < -0.4 is 0 Å². The number of rotatable bonds is 0. The van der Waals surface area contributed by atoms with E-state index < -0.39 is 0 Å². The number of nitrogens with one attached hydrogen (secondary N) is 1. The van der Waals surface area contributed by atoms with Gasteiger partial charge in [-0.25, -0.2) is 0 Å². The molecule has 0 fully saturated rings. The zero-order valence-corrected chi connectivity index (χ0v) is 5.42. The summed E-state index contributed by atoms with van der Waals surface area (Å²) >= 11 is 0. The van der Waals surface area contributed by atoms with Crippen molar-refractivity contribution in [2.75, 3.05) is 6.61 Å². The van der Waals surface area contributed by atoms with Gasteiger partial charge in [0, 0.05) is 5.57 Å². The highest BCUT2D eigenvalue weighted by atomic mass is 16.5. The van der Waals surface area contributed by atoms with Gasteiger partial charge in [0.2, 0.25) is 0 Å². The van der Waals surface area contributed by atoms with Gasteiger partial charge in [0.15, 0.2) is 0 Å². The Kier molecular flexibility index (Phi) is 1.01. The van der Waals surface area contributed by atoms with Crippen LogP contribution in [0.5, 0.6) is 0 Å². The first kappa shape index (κ1) is 5.47. The second kappa shape index (κ2) is 1.84. The average molecular weight is 133 g/mol. The molecule has 1 aliphatic carbocycles. The minimum Gasteiger partial charge on any atom is -0.489 e. The largest absolute Gasteiger partial charge is 0.489 e. The van der Waals surface area contributed by atoms with Crippen LogP contribution in [-0.4, -0.2) is 12.3 Å². The zero-order valence-electron chi connectivity index (χ0n) is 5.42. The van der Waals surface area contributed by atoms with Crippen LogP contribution in [0.25, 0.3) is 0 Å². The molecule has 0 aromatic rings. The summed E-state index contributed by atoms with van der Waals surface area (Å²) in [6.07, 6.45) is 7.42. The fourth-order valence-corrected chi connectivity index (χ4v) is 1.10. The highest BCUT2D eigenvalue weighted by Gasteiger charge is 2.16. The van der Waals surface area contributed by atoms with Crippen molar-refractivity contribution in [3.63, 3.8) is 0 Å². The molecule has 1 heterocycles. The number of allylic oxidation sites excluding steroid dienone is 4. The van der Waals surface area contributed by atoms with E-state index in [1.54, 1.807) is 6.08 Å². The smallest absolute Gasteiger partial charge is 0.128 e. The Morgan fingerprint density at radius 3 is 3.20 bits per heavy atom. The molecule has 2 heteroatoms. The Hall–Kier alpha value is -1.31. The maximum absolute atomic E-state index is 7.44. The lowest BCUT2D eigenvalue weighted by Crippen LogP contribution is -2.00. The summed E-state index contributed by atoms with van der Waals surface area (Å²) < 4.78 is 5.20. The normalized spacial score (nSPS) is 21.4. The van der Waals surface area contributed by atoms with Gasteiger partial charge in [-0.1, -0.05) is 6.08 Å². The van der Waals surface area contributed by atoms with Gasteiger partial charge >= 0.3 is 0 Å². The molecular weight excluding hydrogens is 126 g/mol. The Labute approximate surface area is 59.0 Å². The number of fused-ring (bicyclic) bond motifs is 1. The first-order valence-corrected chi connectivity index (χ1v) is 3.18. The van der Waals surface area contributed by atoms with Gasteiger partial charge in [-0.2, -0.15) is 0 Å². The molecule has 0 unspecified atom stereocenters. The molecule has 2 aliphatic rings. The van der Waals surface area contributed by atoms with Crippen molar-refractivity contribution in [1.82, 2.24) is 0 Å². The van der Waals surface area contributed by atoms with Gasteiger partial charge in [-0.05, 0) is 18.2 Å². The number of hydrogen-bond donors (Lipinski definition) is 1. The van der Waals surface area contributed by atoms with E-state index in [9.17, 15) is 0 Å². The number of hydrogen-bond acceptors (Lipinski definition) is 2. The van der Waals surface area contributed by atoms with E-state index in [0.717, 1.165) is 11.3 Å². The van der Waals surface area contributed by atoms with Crippen LogP contribution in [0.4, 0.5) is 0 Å². The second-order valence-electron chi connectivity index (χ2n) is 2.23. The van der Waals surface area contributed by atoms with Crippen LogP contribution in [-0.2, 0) is 4.74 Å². The molecule has 0 bridgehead atoms. The summed E-state index contributed by atoms with van der Waals surface area (Å²) in [6.45, 7) is 0.616. The average Bonchev–Trinajstić information content (AvgIpc) is 2.36. The predicted molar refractivity (Wildman–Crippen MR) is 39.0 cm³/mol. The summed E-state index contributed by atoms with van der Waals surface area (Å²) in [7, 11) is 0. The van der Waals surface area contributed by atoms with Crippen molar-refractivity contribution in [3.8, 4) is 0 Å².